The minimum absolute atomic E-state index is 0.0662. The number of carbonyl (C=O) groups is 1. The lowest BCUT2D eigenvalue weighted by Gasteiger charge is -2.32. The van der Waals surface area contributed by atoms with E-state index in [1.165, 1.54) is 12.8 Å². The van der Waals surface area contributed by atoms with Gasteiger partial charge in [0.05, 0.1) is 18.6 Å². The fourth-order valence-corrected chi connectivity index (χ4v) is 5.84. The minimum atomic E-state index is -0.660. The Labute approximate surface area is 192 Å². The fourth-order valence-electron chi connectivity index (χ4n) is 5.84. The fraction of sp³-hybridized carbons (Fsp3) is 0.960. The molecule has 0 spiro atoms. The maximum Gasteiger partial charge on any atom is 0.306 e. The van der Waals surface area contributed by atoms with E-state index in [2.05, 4.69) is 6.92 Å². The van der Waals surface area contributed by atoms with E-state index in [4.69, 9.17) is 23.7 Å². The number of aliphatic hydroxyl groups excluding tert-OH is 1. The van der Waals surface area contributed by atoms with Crippen LogP contribution < -0.4 is 0 Å². The Morgan fingerprint density at radius 1 is 1.03 bits per heavy atom. The van der Waals surface area contributed by atoms with Gasteiger partial charge in [0.25, 0.3) is 0 Å². The van der Waals surface area contributed by atoms with Gasteiger partial charge in [-0.2, -0.15) is 0 Å². The van der Waals surface area contributed by atoms with Crippen LogP contribution in [-0.4, -0.2) is 61.3 Å². The third kappa shape index (κ3) is 6.23. The molecule has 0 aromatic heterocycles. The Bertz CT molecular complexity index is 573. The number of unbranched alkanes of at least 4 members (excludes halogenated alkanes) is 2. The average Bonchev–Trinajstić information content (AvgIpc) is 2.94. The molecule has 32 heavy (non-hydrogen) atoms. The Balaban J connectivity index is 1.39. The number of esters is 1. The molecule has 0 aromatic carbocycles. The van der Waals surface area contributed by atoms with E-state index in [1.807, 2.05) is 0 Å². The molecule has 1 aliphatic carbocycles. The number of hydrogen-bond acceptors (Lipinski definition) is 7. The topological polar surface area (TPSA) is 83.5 Å². The summed E-state index contributed by atoms with van der Waals surface area (Å²) in [5.74, 6) is -0.272. The SMILES string of the molecule is CCCCCC(CCC1C2CC(=O)OC(C2O)C1OC1CCCCO1)OC1CCCCO1. The van der Waals surface area contributed by atoms with Crippen molar-refractivity contribution in [3.63, 3.8) is 0 Å². The highest BCUT2D eigenvalue weighted by atomic mass is 16.7. The molecule has 3 saturated heterocycles. The summed E-state index contributed by atoms with van der Waals surface area (Å²) in [6, 6.07) is 0. The van der Waals surface area contributed by atoms with Crippen molar-refractivity contribution < 1.29 is 33.6 Å². The van der Waals surface area contributed by atoms with Crippen LogP contribution in [0.3, 0.4) is 0 Å². The standard InChI is InChI=1S/C25H42O7/c1-2-3-4-9-17(30-21-10-5-7-14-28-21)12-13-18-19-16-20(26)31-25(23(19)27)24(18)32-22-11-6-8-15-29-22/h17-19,21-25,27H,2-16H2,1H3. The zero-order valence-electron chi connectivity index (χ0n) is 19.6. The highest BCUT2D eigenvalue weighted by Gasteiger charge is 2.56. The predicted molar refractivity (Wildman–Crippen MR) is 118 cm³/mol. The van der Waals surface area contributed by atoms with Crippen LogP contribution in [0.5, 0.6) is 0 Å². The van der Waals surface area contributed by atoms with Crippen LogP contribution in [0.4, 0.5) is 0 Å². The first-order valence-corrected chi connectivity index (χ1v) is 13.1. The van der Waals surface area contributed by atoms with Gasteiger partial charge < -0.3 is 28.8 Å². The molecule has 8 atom stereocenters. The van der Waals surface area contributed by atoms with Crippen molar-refractivity contribution in [2.45, 2.75) is 127 Å². The molecule has 0 radical (unpaired) electrons. The average molecular weight is 455 g/mol. The Kier molecular flexibility index (Phi) is 9.23. The highest BCUT2D eigenvalue weighted by Crippen LogP contribution is 2.45. The van der Waals surface area contributed by atoms with E-state index in [-0.39, 0.29) is 49.0 Å². The second-order valence-electron chi connectivity index (χ2n) is 10.0. The Morgan fingerprint density at radius 2 is 1.78 bits per heavy atom. The van der Waals surface area contributed by atoms with Crippen molar-refractivity contribution in [1.29, 1.82) is 0 Å². The molecule has 3 heterocycles. The van der Waals surface area contributed by atoms with Crippen molar-refractivity contribution in [3.05, 3.63) is 0 Å². The summed E-state index contributed by atoms with van der Waals surface area (Å²) in [7, 11) is 0. The molecular weight excluding hydrogens is 412 g/mol. The number of fused-ring (bicyclic) bond motifs is 2. The molecule has 4 rings (SSSR count). The Hall–Kier alpha value is -0.730. The van der Waals surface area contributed by atoms with Gasteiger partial charge in [0.1, 0.15) is 6.10 Å². The molecule has 2 bridgehead atoms. The van der Waals surface area contributed by atoms with E-state index >= 15 is 0 Å². The summed E-state index contributed by atoms with van der Waals surface area (Å²) < 4.78 is 30.0. The second-order valence-corrected chi connectivity index (χ2v) is 10.0. The number of ether oxygens (including phenoxy) is 5. The molecule has 4 aliphatic rings. The molecule has 1 saturated carbocycles. The van der Waals surface area contributed by atoms with Crippen molar-refractivity contribution in [2.24, 2.45) is 11.8 Å². The number of hydrogen-bond donors (Lipinski definition) is 1. The molecule has 0 amide bonds. The van der Waals surface area contributed by atoms with Gasteiger partial charge in [0, 0.05) is 19.1 Å². The van der Waals surface area contributed by atoms with E-state index in [0.29, 0.717) is 6.61 Å². The van der Waals surface area contributed by atoms with Crippen LogP contribution in [0.15, 0.2) is 0 Å². The molecule has 1 N–H and O–H groups in total. The summed E-state index contributed by atoms with van der Waals surface area (Å²) in [5.41, 5.74) is 0. The van der Waals surface area contributed by atoms with Crippen molar-refractivity contribution in [3.8, 4) is 0 Å². The van der Waals surface area contributed by atoms with Gasteiger partial charge in [0.15, 0.2) is 18.7 Å². The van der Waals surface area contributed by atoms with Gasteiger partial charge in [-0.3, -0.25) is 4.79 Å². The van der Waals surface area contributed by atoms with Crippen LogP contribution in [0, 0.1) is 11.8 Å². The molecular formula is C25H42O7. The lowest BCUT2D eigenvalue weighted by Crippen LogP contribution is -2.42. The maximum absolute atomic E-state index is 12.2. The third-order valence-corrected chi connectivity index (χ3v) is 7.62. The smallest absolute Gasteiger partial charge is 0.306 e. The zero-order chi connectivity index (χ0) is 22.3. The molecule has 4 fully saturated rings. The normalized spacial score (nSPS) is 38.4. The molecule has 184 valence electrons. The molecule has 7 heteroatoms. The van der Waals surface area contributed by atoms with Gasteiger partial charge in [-0.25, -0.2) is 0 Å². The van der Waals surface area contributed by atoms with Crippen LogP contribution in [0.1, 0.15) is 90.4 Å². The van der Waals surface area contributed by atoms with E-state index in [0.717, 1.165) is 70.8 Å². The second kappa shape index (κ2) is 12.1. The summed E-state index contributed by atoms with van der Waals surface area (Å²) in [6.07, 6.45) is 10.9. The van der Waals surface area contributed by atoms with E-state index < -0.39 is 12.2 Å². The predicted octanol–water partition coefficient (Wildman–Crippen LogP) is 4.09. The third-order valence-electron chi connectivity index (χ3n) is 7.62. The number of carbonyl (C=O) groups excluding carboxylic acids is 1. The van der Waals surface area contributed by atoms with Crippen LogP contribution in [0.25, 0.3) is 0 Å². The summed E-state index contributed by atoms with van der Waals surface area (Å²) in [4.78, 5) is 12.2. The lowest BCUT2D eigenvalue weighted by molar-refractivity contribution is -0.220. The first-order valence-electron chi connectivity index (χ1n) is 13.1. The summed E-state index contributed by atoms with van der Waals surface area (Å²) in [5, 5.41) is 10.8. The van der Waals surface area contributed by atoms with Gasteiger partial charge >= 0.3 is 5.97 Å². The number of aliphatic hydroxyl groups is 1. The van der Waals surface area contributed by atoms with Crippen molar-refractivity contribution in [2.75, 3.05) is 13.2 Å². The Morgan fingerprint density at radius 3 is 2.47 bits per heavy atom. The zero-order valence-corrected chi connectivity index (χ0v) is 19.6. The minimum Gasteiger partial charge on any atom is -0.457 e. The van der Waals surface area contributed by atoms with E-state index in [9.17, 15) is 9.90 Å². The quantitative estimate of drug-likeness (QED) is 0.372. The van der Waals surface area contributed by atoms with Gasteiger partial charge in [-0.05, 0) is 63.7 Å². The molecule has 8 unspecified atom stereocenters. The van der Waals surface area contributed by atoms with Crippen LogP contribution in [-0.2, 0) is 28.5 Å². The van der Waals surface area contributed by atoms with Gasteiger partial charge in [-0.15, -0.1) is 0 Å². The first-order chi connectivity index (χ1) is 15.7. The van der Waals surface area contributed by atoms with Gasteiger partial charge in [0.2, 0.25) is 0 Å². The maximum atomic E-state index is 12.2. The molecule has 0 aromatic rings. The first kappa shape index (κ1) is 24.4. The van der Waals surface area contributed by atoms with Crippen LogP contribution >= 0.6 is 0 Å². The largest absolute Gasteiger partial charge is 0.457 e. The lowest BCUT2D eigenvalue weighted by atomic mass is 9.85. The highest BCUT2D eigenvalue weighted by molar-refractivity contribution is 5.71. The molecule has 7 nitrogen and oxygen atoms in total. The monoisotopic (exact) mass is 454 g/mol. The number of rotatable bonds is 11. The van der Waals surface area contributed by atoms with E-state index in [1.54, 1.807) is 0 Å². The van der Waals surface area contributed by atoms with Crippen molar-refractivity contribution >= 4 is 5.97 Å². The van der Waals surface area contributed by atoms with Crippen LogP contribution in [0.2, 0.25) is 0 Å². The molecule has 3 aliphatic heterocycles. The van der Waals surface area contributed by atoms with Crippen molar-refractivity contribution in [1.82, 2.24) is 0 Å². The van der Waals surface area contributed by atoms with Gasteiger partial charge in [-0.1, -0.05) is 26.2 Å². The summed E-state index contributed by atoms with van der Waals surface area (Å²) in [6.45, 7) is 3.70. The summed E-state index contributed by atoms with van der Waals surface area (Å²) >= 11 is 0.